The van der Waals surface area contributed by atoms with Gasteiger partial charge in [-0.15, -0.1) is 0 Å². The van der Waals surface area contributed by atoms with Crippen LogP contribution in [0.15, 0.2) is 42.5 Å². The molecule has 1 aromatic heterocycles. The van der Waals surface area contributed by atoms with Crippen molar-refractivity contribution in [3.05, 3.63) is 53.2 Å². The number of fused-ring (bicyclic) bond motifs is 1. The van der Waals surface area contributed by atoms with Crippen molar-refractivity contribution >= 4 is 28.4 Å². The van der Waals surface area contributed by atoms with E-state index in [2.05, 4.69) is 0 Å². The Bertz CT molecular complexity index is 1050. The highest BCUT2D eigenvalue weighted by molar-refractivity contribution is 6.30. The van der Waals surface area contributed by atoms with Crippen LogP contribution in [0.4, 0.5) is 0 Å². The van der Waals surface area contributed by atoms with Gasteiger partial charge in [-0.05, 0) is 36.4 Å². The van der Waals surface area contributed by atoms with Crippen LogP contribution < -0.4 is 14.2 Å². The van der Waals surface area contributed by atoms with Gasteiger partial charge in [0, 0.05) is 49.5 Å². The molecule has 0 N–H and O–H groups in total. The van der Waals surface area contributed by atoms with Gasteiger partial charge in [-0.3, -0.25) is 4.79 Å². The third-order valence-corrected chi connectivity index (χ3v) is 5.86. The molecule has 7 heteroatoms. The predicted octanol–water partition coefficient (Wildman–Crippen LogP) is 4.53. The van der Waals surface area contributed by atoms with Crippen molar-refractivity contribution in [3.63, 3.8) is 0 Å². The Kier molecular flexibility index (Phi) is 5.77. The maximum Gasteiger partial charge on any atom is 0.270 e. The van der Waals surface area contributed by atoms with Gasteiger partial charge in [-0.1, -0.05) is 11.6 Å². The number of hydrogen-bond acceptors (Lipinski definition) is 4. The van der Waals surface area contributed by atoms with Crippen LogP contribution in [0, 0.1) is 0 Å². The van der Waals surface area contributed by atoms with Crippen molar-refractivity contribution in [2.75, 3.05) is 27.3 Å². The summed E-state index contributed by atoms with van der Waals surface area (Å²) < 4.78 is 18.7. The fourth-order valence-corrected chi connectivity index (χ4v) is 4.04. The maximum absolute atomic E-state index is 13.2. The number of nitrogens with zero attached hydrogens (tertiary/aromatic N) is 2. The number of halogens is 1. The van der Waals surface area contributed by atoms with E-state index in [4.69, 9.17) is 25.8 Å². The summed E-state index contributed by atoms with van der Waals surface area (Å²) in [7, 11) is 5.11. The number of ether oxygens (including phenoxy) is 3. The van der Waals surface area contributed by atoms with Crippen LogP contribution in [0.5, 0.6) is 17.2 Å². The van der Waals surface area contributed by atoms with Crippen molar-refractivity contribution in [1.82, 2.24) is 9.47 Å². The number of aromatic nitrogens is 1. The highest BCUT2D eigenvalue weighted by atomic mass is 35.5. The number of hydrogen-bond donors (Lipinski definition) is 0. The molecule has 1 fully saturated rings. The Balaban J connectivity index is 1.46. The molecule has 1 saturated heterocycles. The van der Waals surface area contributed by atoms with Crippen molar-refractivity contribution in [3.8, 4) is 17.2 Å². The average Bonchev–Trinajstić information content (AvgIpc) is 3.09. The van der Waals surface area contributed by atoms with E-state index in [1.54, 1.807) is 14.2 Å². The van der Waals surface area contributed by atoms with Gasteiger partial charge < -0.3 is 23.7 Å². The molecule has 158 valence electrons. The highest BCUT2D eigenvalue weighted by Crippen LogP contribution is 2.34. The standard InChI is InChI=1S/C23H25ClN2O4/c1-25-19-14-22(29-3)21(28-2)13-15(19)12-20(25)23(27)26-10-8-18(9-11-26)30-17-6-4-16(24)5-7-17/h4-7,12-14,18H,8-11H2,1-3H3. The summed E-state index contributed by atoms with van der Waals surface area (Å²) in [5, 5.41) is 1.63. The number of aryl methyl sites for hydroxylation is 1. The summed E-state index contributed by atoms with van der Waals surface area (Å²) in [5.41, 5.74) is 1.58. The summed E-state index contributed by atoms with van der Waals surface area (Å²) in [6, 6.07) is 13.1. The molecule has 0 aliphatic carbocycles. The number of rotatable bonds is 5. The maximum atomic E-state index is 13.2. The van der Waals surface area contributed by atoms with Crippen LogP contribution in [0.1, 0.15) is 23.3 Å². The summed E-state index contributed by atoms with van der Waals surface area (Å²) in [5.74, 6) is 2.12. The Labute approximate surface area is 180 Å². The molecule has 0 spiro atoms. The van der Waals surface area contributed by atoms with Gasteiger partial charge in [0.1, 0.15) is 17.5 Å². The zero-order valence-corrected chi connectivity index (χ0v) is 18.1. The first-order valence-corrected chi connectivity index (χ1v) is 10.3. The summed E-state index contributed by atoms with van der Waals surface area (Å²) in [6.07, 6.45) is 1.68. The topological polar surface area (TPSA) is 52.9 Å². The first-order chi connectivity index (χ1) is 14.5. The molecule has 3 aromatic rings. The smallest absolute Gasteiger partial charge is 0.270 e. The van der Waals surface area contributed by atoms with Crippen LogP contribution in [0.25, 0.3) is 10.9 Å². The van der Waals surface area contributed by atoms with Gasteiger partial charge in [0.25, 0.3) is 5.91 Å². The minimum Gasteiger partial charge on any atom is -0.493 e. The fourth-order valence-electron chi connectivity index (χ4n) is 3.91. The molecule has 0 bridgehead atoms. The van der Waals surface area contributed by atoms with E-state index in [0.29, 0.717) is 35.3 Å². The van der Waals surface area contributed by atoms with E-state index in [1.807, 2.05) is 59.0 Å². The minimum atomic E-state index is 0.0246. The van der Waals surface area contributed by atoms with Crippen molar-refractivity contribution in [2.24, 2.45) is 7.05 Å². The van der Waals surface area contributed by atoms with E-state index in [9.17, 15) is 4.79 Å². The lowest BCUT2D eigenvalue weighted by atomic mass is 10.1. The van der Waals surface area contributed by atoms with Crippen molar-refractivity contribution in [2.45, 2.75) is 18.9 Å². The molecule has 1 amide bonds. The highest BCUT2D eigenvalue weighted by Gasteiger charge is 2.27. The molecule has 4 rings (SSSR count). The number of carbonyl (C=O) groups is 1. The quantitative estimate of drug-likeness (QED) is 0.599. The molecule has 6 nitrogen and oxygen atoms in total. The zero-order valence-electron chi connectivity index (χ0n) is 17.4. The minimum absolute atomic E-state index is 0.0246. The van der Waals surface area contributed by atoms with Crippen LogP contribution >= 0.6 is 11.6 Å². The fraction of sp³-hybridized carbons (Fsp3) is 0.348. The molecular weight excluding hydrogens is 404 g/mol. The molecule has 0 radical (unpaired) electrons. The average molecular weight is 429 g/mol. The molecule has 0 unspecified atom stereocenters. The lowest BCUT2D eigenvalue weighted by Gasteiger charge is -2.32. The normalized spacial score (nSPS) is 14.7. The molecule has 2 heterocycles. The van der Waals surface area contributed by atoms with Gasteiger partial charge in [-0.2, -0.15) is 0 Å². The Morgan fingerprint density at radius 1 is 1.00 bits per heavy atom. The second kappa shape index (κ2) is 8.48. The number of amides is 1. The van der Waals surface area contributed by atoms with Gasteiger partial charge in [-0.25, -0.2) is 0 Å². The SMILES string of the molecule is COc1cc2cc(C(=O)N3CCC(Oc4ccc(Cl)cc4)CC3)n(C)c2cc1OC. The van der Waals surface area contributed by atoms with E-state index < -0.39 is 0 Å². The Morgan fingerprint density at radius 3 is 2.27 bits per heavy atom. The van der Waals surface area contributed by atoms with Gasteiger partial charge in [0.05, 0.1) is 19.7 Å². The lowest BCUT2D eigenvalue weighted by molar-refractivity contribution is 0.0587. The van der Waals surface area contributed by atoms with Crippen LogP contribution in [0.3, 0.4) is 0 Å². The van der Waals surface area contributed by atoms with E-state index in [1.165, 1.54) is 0 Å². The Morgan fingerprint density at radius 2 is 1.63 bits per heavy atom. The molecular formula is C23H25ClN2O4. The molecule has 2 aromatic carbocycles. The third-order valence-electron chi connectivity index (χ3n) is 5.61. The summed E-state index contributed by atoms with van der Waals surface area (Å²) in [6.45, 7) is 1.32. The van der Waals surface area contributed by atoms with Crippen LogP contribution in [0.2, 0.25) is 5.02 Å². The summed E-state index contributed by atoms with van der Waals surface area (Å²) in [4.78, 5) is 15.1. The van der Waals surface area contributed by atoms with Gasteiger partial charge in [0.2, 0.25) is 0 Å². The number of benzene rings is 2. The largest absolute Gasteiger partial charge is 0.493 e. The predicted molar refractivity (Wildman–Crippen MR) is 117 cm³/mol. The molecule has 0 atom stereocenters. The zero-order chi connectivity index (χ0) is 21.3. The van der Waals surface area contributed by atoms with Crippen LogP contribution in [-0.4, -0.2) is 48.8 Å². The van der Waals surface area contributed by atoms with Crippen molar-refractivity contribution in [1.29, 1.82) is 0 Å². The van der Waals surface area contributed by atoms with Gasteiger partial charge in [0.15, 0.2) is 11.5 Å². The first-order valence-electron chi connectivity index (χ1n) is 9.93. The number of piperidine rings is 1. The summed E-state index contributed by atoms with van der Waals surface area (Å²) >= 11 is 5.93. The van der Waals surface area contributed by atoms with E-state index >= 15 is 0 Å². The second-order valence-electron chi connectivity index (χ2n) is 7.42. The molecule has 1 aliphatic heterocycles. The first kappa shape index (κ1) is 20.4. The van der Waals surface area contributed by atoms with E-state index in [0.717, 1.165) is 29.5 Å². The number of likely N-dealkylation sites (tertiary alicyclic amines) is 1. The lowest BCUT2D eigenvalue weighted by Crippen LogP contribution is -2.42. The number of carbonyl (C=O) groups excluding carboxylic acids is 1. The van der Waals surface area contributed by atoms with Crippen LogP contribution in [-0.2, 0) is 7.05 Å². The monoisotopic (exact) mass is 428 g/mol. The molecule has 1 aliphatic rings. The number of methoxy groups -OCH3 is 2. The second-order valence-corrected chi connectivity index (χ2v) is 7.85. The Hall–Kier alpha value is -2.86. The molecule has 30 heavy (non-hydrogen) atoms. The van der Waals surface area contributed by atoms with E-state index in [-0.39, 0.29) is 12.0 Å². The third kappa shape index (κ3) is 3.92. The van der Waals surface area contributed by atoms with Gasteiger partial charge >= 0.3 is 0 Å². The van der Waals surface area contributed by atoms with Crippen molar-refractivity contribution < 1.29 is 19.0 Å². The molecule has 0 saturated carbocycles.